The lowest BCUT2D eigenvalue weighted by Gasteiger charge is -2.10. The molecule has 0 fully saturated rings. The van der Waals surface area contributed by atoms with Crippen molar-refractivity contribution in [3.8, 4) is 0 Å². The van der Waals surface area contributed by atoms with Gasteiger partial charge in [-0.15, -0.1) is 0 Å². The first kappa shape index (κ1) is 15.8. The lowest BCUT2D eigenvalue weighted by Crippen LogP contribution is -2.03. The van der Waals surface area contributed by atoms with Crippen molar-refractivity contribution in [2.24, 2.45) is 0 Å². The first-order valence-electron chi connectivity index (χ1n) is 9.06. The molecule has 2 heterocycles. The largest absolute Gasteiger partial charge is 0.323 e. The fourth-order valence-corrected chi connectivity index (χ4v) is 3.49. The third-order valence-electron chi connectivity index (χ3n) is 4.80. The minimum Gasteiger partial charge on any atom is -0.323 e. The third kappa shape index (κ3) is 2.91. The van der Waals surface area contributed by atoms with Crippen LogP contribution >= 0.6 is 0 Å². The SMILES string of the molecule is CCCCc1nc2ccccc2c2c1nc(C)n2Cc1ccccc1. The predicted molar refractivity (Wildman–Crippen MR) is 104 cm³/mol. The molecule has 0 radical (unpaired) electrons. The summed E-state index contributed by atoms with van der Waals surface area (Å²) in [5, 5.41) is 1.19. The number of unbranched alkanes of at least 4 members (excludes halogenated alkanes) is 1. The molecule has 0 amide bonds. The van der Waals surface area contributed by atoms with Gasteiger partial charge >= 0.3 is 0 Å². The van der Waals surface area contributed by atoms with Crippen molar-refractivity contribution in [2.45, 2.75) is 39.7 Å². The monoisotopic (exact) mass is 329 g/mol. The van der Waals surface area contributed by atoms with E-state index in [1.54, 1.807) is 0 Å². The highest BCUT2D eigenvalue weighted by atomic mass is 15.1. The van der Waals surface area contributed by atoms with Crippen LogP contribution in [0.1, 0.15) is 36.8 Å². The number of benzene rings is 2. The highest BCUT2D eigenvalue weighted by Crippen LogP contribution is 2.28. The molecular weight excluding hydrogens is 306 g/mol. The van der Waals surface area contributed by atoms with E-state index in [1.165, 1.54) is 22.9 Å². The standard InChI is InChI=1S/C22H23N3/c1-3-4-13-20-21-22(18-12-8-9-14-19(18)24-20)25(16(2)23-21)15-17-10-6-5-7-11-17/h5-12,14H,3-4,13,15H2,1-2H3. The van der Waals surface area contributed by atoms with Gasteiger partial charge < -0.3 is 4.57 Å². The maximum absolute atomic E-state index is 4.93. The fourth-order valence-electron chi connectivity index (χ4n) is 3.49. The topological polar surface area (TPSA) is 30.7 Å². The number of rotatable bonds is 5. The van der Waals surface area contributed by atoms with Crippen LogP contribution in [-0.4, -0.2) is 14.5 Å². The molecule has 3 heteroatoms. The van der Waals surface area contributed by atoms with Crippen molar-refractivity contribution in [1.82, 2.24) is 14.5 Å². The van der Waals surface area contributed by atoms with E-state index in [4.69, 9.17) is 9.97 Å². The van der Waals surface area contributed by atoms with Crippen molar-refractivity contribution in [2.75, 3.05) is 0 Å². The van der Waals surface area contributed by atoms with Gasteiger partial charge in [0.25, 0.3) is 0 Å². The van der Waals surface area contributed by atoms with E-state index in [2.05, 4.69) is 73.0 Å². The first-order chi connectivity index (χ1) is 12.3. The Morgan fingerprint density at radius 2 is 1.68 bits per heavy atom. The molecule has 0 atom stereocenters. The van der Waals surface area contributed by atoms with Gasteiger partial charge in [-0.05, 0) is 31.4 Å². The minimum atomic E-state index is 0.838. The van der Waals surface area contributed by atoms with Gasteiger partial charge in [-0.1, -0.05) is 61.9 Å². The van der Waals surface area contributed by atoms with Gasteiger partial charge in [0, 0.05) is 11.9 Å². The second kappa shape index (κ2) is 6.67. The number of para-hydroxylation sites is 1. The smallest absolute Gasteiger partial charge is 0.111 e. The van der Waals surface area contributed by atoms with Crippen LogP contribution in [0.15, 0.2) is 54.6 Å². The Bertz CT molecular complexity index is 1020. The van der Waals surface area contributed by atoms with E-state index >= 15 is 0 Å². The lowest BCUT2D eigenvalue weighted by molar-refractivity contribution is 0.783. The number of aromatic nitrogens is 3. The number of aryl methyl sites for hydroxylation is 2. The molecule has 0 unspecified atom stereocenters. The number of hydrogen-bond acceptors (Lipinski definition) is 2. The lowest BCUT2D eigenvalue weighted by atomic mass is 10.1. The molecule has 0 bridgehead atoms. The van der Waals surface area contributed by atoms with Crippen LogP contribution in [0, 0.1) is 6.92 Å². The van der Waals surface area contributed by atoms with E-state index in [9.17, 15) is 0 Å². The second-order valence-electron chi connectivity index (χ2n) is 6.61. The van der Waals surface area contributed by atoms with Gasteiger partial charge in [-0.25, -0.2) is 4.98 Å². The molecule has 3 nitrogen and oxygen atoms in total. The molecule has 4 aromatic rings. The van der Waals surface area contributed by atoms with E-state index in [1.807, 2.05) is 0 Å². The first-order valence-corrected chi connectivity index (χ1v) is 9.06. The Balaban J connectivity index is 1.96. The zero-order chi connectivity index (χ0) is 17.2. The van der Waals surface area contributed by atoms with Gasteiger partial charge in [0.2, 0.25) is 0 Å². The number of fused-ring (bicyclic) bond motifs is 3. The van der Waals surface area contributed by atoms with E-state index < -0.39 is 0 Å². The van der Waals surface area contributed by atoms with Crippen LogP contribution in [-0.2, 0) is 13.0 Å². The molecule has 2 aromatic carbocycles. The molecule has 126 valence electrons. The summed E-state index contributed by atoms with van der Waals surface area (Å²) >= 11 is 0. The van der Waals surface area contributed by atoms with Crippen molar-refractivity contribution < 1.29 is 0 Å². The summed E-state index contributed by atoms with van der Waals surface area (Å²) in [6, 6.07) is 19.0. The number of imidazole rings is 1. The van der Waals surface area contributed by atoms with Crippen molar-refractivity contribution >= 4 is 21.9 Å². The van der Waals surface area contributed by atoms with Gasteiger partial charge in [0.05, 0.1) is 16.7 Å². The number of pyridine rings is 1. The van der Waals surface area contributed by atoms with Crippen LogP contribution in [0.4, 0.5) is 0 Å². The second-order valence-corrected chi connectivity index (χ2v) is 6.61. The highest BCUT2D eigenvalue weighted by molar-refractivity contribution is 6.03. The van der Waals surface area contributed by atoms with Crippen molar-refractivity contribution in [1.29, 1.82) is 0 Å². The number of hydrogen-bond donors (Lipinski definition) is 0. The summed E-state index contributed by atoms with van der Waals surface area (Å²) in [6.45, 7) is 5.16. The van der Waals surface area contributed by atoms with Crippen LogP contribution in [0.3, 0.4) is 0 Å². The van der Waals surface area contributed by atoms with Gasteiger partial charge in [-0.2, -0.15) is 0 Å². The summed E-state index contributed by atoms with van der Waals surface area (Å²) in [5.41, 5.74) is 5.78. The molecule has 0 aliphatic carbocycles. The van der Waals surface area contributed by atoms with Gasteiger partial charge in [0.1, 0.15) is 11.3 Å². The molecule has 0 aliphatic rings. The van der Waals surface area contributed by atoms with Crippen LogP contribution in [0.2, 0.25) is 0 Å². The predicted octanol–water partition coefficient (Wildman–Crippen LogP) is 5.28. The van der Waals surface area contributed by atoms with Gasteiger partial charge in [0.15, 0.2) is 0 Å². The summed E-state index contributed by atoms with van der Waals surface area (Å²) in [6.07, 6.45) is 3.30. The van der Waals surface area contributed by atoms with Crippen LogP contribution in [0.25, 0.3) is 21.9 Å². The maximum atomic E-state index is 4.93. The Labute approximate surface area is 148 Å². The molecule has 0 spiro atoms. The summed E-state index contributed by atoms with van der Waals surface area (Å²) in [5.74, 6) is 1.05. The van der Waals surface area contributed by atoms with Crippen molar-refractivity contribution in [3.05, 3.63) is 71.7 Å². The molecular formula is C22H23N3. The van der Waals surface area contributed by atoms with Crippen LogP contribution < -0.4 is 0 Å². The molecule has 4 rings (SSSR count). The average molecular weight is 329 g/mol. The van der Waals surface area contributed by atoms with Crippen molar-refractivity contribution in [3.63, 3.8) is 0 Å². The Morgan fingerprint density at radius 3 is 2.48 bits per heavy atom. The molecule has 0 saturated heterocycles. The average Bonchev–Trinajstić information content (AvgIpc) is 2.97. The fraction of sp³-hybridized carbons (Fsp3) is 0.273. The quantitative estimate of drug-likeness (QED) is 0.498. The summed E-state index contributed by atoms with van der Waals surface area (Å²) in [7, 11) is 0. The molecule has 0 N–H and O–H groups in total. The molecule has 2 aromatic heterocycles. The van der Waals surface area contributed by atoms with E-state index in [0.717, 1.165) is 41.9 Å². The Morgan fingerprint density at radius 1 is 0.920 bits per heavy atom. The van der Waals surface area contributed by atoms with Gasteiger partial charge in [-0.3, -0.25) is 4.98 Å². The molecule has 25 heavy (non-hydrogen) atoms. The zero-order valence-electron chi connectivity index (χ0n) is 14.9. The summed E-state index contributed by atoms with van der Waals surface area (Å²) < 4.78 is 2.34. The van der Waals surface area contributed by atoms with Crippen LogP contribution in [0.5, 0.6) is 0 Å². The van der Waals surface area contributed by atoms with E-state index in [0.29, 0.717) is 0 Å². The number of nitrogens with zero attached hydrogens (tertiary/aromatic N) is 3. The normalized spacial score (nSPS) is 11.4. The Hall–Kier alpha value is -2.68. The zero-order valence-corrected chi connectivity index (χ0v) is 14.9. The molecule has 0 aliphatic heterocycles. The third-order valence-corrected chi connectivity index (χ3v) is 4.80. The van der Waals surface area contributed by atoms with E-state index in [-0.39, 0.29) is 0 Å². The minimum absolute atomic E-state index is 0.838. The maximum Gasteiger partial charge on any atom is 0.111 e. The Kier molecular flexibility index (Phi) is 4.22. The molecule has 0 saturated carbocycles. The highest BCUT2D eigenvalue weighted by Gasteiger charge is 2.16. The summed E-state index contributed by atoms with van der Waals surface area (Å²) in [4.78, 5) is 9.84.